The third-order valence-corrected chi connectivity index (χ3v) is 6.23. The Morgan fingerprint density at radius 3 is 2.72 bits per heavy atom. The minimum absolute atomic E-state index is 0.0199. The number of methoxy groups -OCH3 is 1. The lowest BCUT2D eigenvalue weighted by atomic mass is 9.94. The molecule has 1 heterocycles. The Morgan fingerprint density at radius 2 is 2.03 bits per heavy atom. The topological polar surface area (TPSA) is 65.1 Å². The molecule has 1 aromatic rings. The Kier molecular flexibility index (Phi) is 7.55. The lowest BCUT2D eigenvalue weighted by Gasteiger charge is -2.29. The van der Waals surface area contributed by atoms with Gasteiger partial charge in [0.25, 0.3) is 5.91 Å². The number of amides is 1. The van der Waals surface area contributed by atoms with Crippen LogP contribution in [0.2, 0.25) is 0 Å². The molecule has 29 heavy (non-hydrogen) atoms. The first-order valence-electron chi connectivity index (χ1n) is 9.77. The number of ether oxygens (including phenoxy) is 3. The monoisotopic (exact) mass is 435 g/mol. The molecule has 0 N–H and O–H groups in total. The van der Waals surface area contributed by atoms with Crippen LogP contribution in [-0.4, -0.2) is 47.5 Å². The van der Waals surface area contributed by atoms with E-state index in [0.29, 0.717) is 27.3 Å². The zero-order chi connectivity index (χ0) is 20.8. The van der Waals surface area contributed by atoms with Crippen molar-refractivity contribution >= 4 is 46.3 Å². The second-order valence-corrected chi connectivity index (χ2v) is 8.52. The molecule has 6 nitrogen and oxygen atoms in total. The van der Waals surface area contributed by atoms with E-state index in [9.17, 15) is 9.59 Å². The molecular formula is C21H25NO5S2. The highest BCUT2D eigenvalue weighted by Crippen LogP contribution is 2.38. The average Bonchev–Trinajstić information content (AvgIpc) is 3.00. The Hall–Kier alpha value is -2.06. The van der Waals surface area contributed by atoms with Gasteiger partial charge in [0.05, 0.1) is 18.6 Å². The SMILES string of the molecule is CCOC(=O)COc1ccc(C=C2SC(=S)N(C3CCCCC3)C2=O)cc1OC. The summed E-state index contributed by atoms with van der Waals surface area (Å²) >= 11 is 6.82. The number of hydrogen-bond donors (Lipinski definition) is 0. The molecule has 2 aliphatic rings. The maximum Gasteiger partial charge on any atom is 0.344 e. The third kappa shape index (κ3) is 5.30. The number of benzene rings is 1. The molecule has 0 unspecified atom stereocenters. The van der Waals surface area contributed by atoms with Crippen molar-refractivity contribution in [2.75, 3.05) is 20.3 Å². The standard InChI is InChI=1S/C21H25NO5S2/c1-3-26-19(23)13-27-16-10-9-14(11-17(16)25-2)12-18-20(24)22(21(28)29-18)15-7-5-4-6-8-15/h9-12,15H,3-8,13H2,1-2H3. The fourth-order valence-electron chi connectivity index (χ4n) is 3.52. The molecule has 3 rings (SSSR count). The first-order chi connectivity index (χ1) is 14.0. The van der Waals surface area contributed by atoms with Gasteiger partial charge in [0.15, 0.2) is 18.1 Å². The summed E-state index contributed by atoms with van der Waals surface area (Å²) in [6.07, 6.45) is 7.36. The fraction of sp³-hybridized carbons (Fsp3) is 0.476. The Morgan fingerprint density at radius 1 is 1.28 bits per heavy atom. The van der Waals surface area contributed by atoms with E-state index in [-0.39, 0.29) is 18.6 Å². The molecule has 8 heteroatoms. The molecule has 1 amide bonds. The zero-order valence-electron chi connectivity index (χ0n) is 16.6. The van der Waals surface area contributed by atoms with Gasteiger partial charge in [0.1, 0.15) is 4.32 Å². The van der Waals surface area contributed by atoms with Crippen molar-refractivity contribution in [2.45, 2.75) is 45.1 Å². The van der Waals surface area contributed by atoms with Gasteiger partial charge in [-0.15, -0.1) is 0 Å². The molecular weight excluding hydrogens is 410 g/mol. The van der Waals surface area contributed by atoms with Crippen LogP contribution in [0.25, 0.3) is 6.08 Å². The molecule has 1 aliphatic carbocycles. The van der Waals surface area contributed by atoms with Gasteiger partial charge in [-0.3, -0.25) is 9.69 Å². The predicted molar refractivity (Wildman–Crippen MR) is 117 cm³/mol. The summed E-state index contributed by atoms with van der Waals surface area (Å²) in [6.45, 7) is 1.85. The Labute approximate surface area is 180 Å². The Balaban J connectivity index is 1.73. The molecule has 1 saturated carbocycles. The first-order valence-corrected chi connectivity index (χ1v) is 11.0. The summed E-state index contributed by atoms with van der Waals surface area (Å²) in [4.78, 5) is 26.8. The number of esters is 1. The van der Waals surface area contributed by atoms with E-state index >= 15 is 0 Å². The summed E-state index contributed by atoms with van der Waals surface area (Å²) in [5.74, 6) is 0.455. The molecule has 2 fully saturated rings. The number of rotatable bonds is 7. The summed E-state index contributed by atoms with van der Waals surface area (Å²) in [6, 6.07) is 5.52. The van der Waals surface area contributed by atoms with E-state index in [4.69, 9.17) is 26.4 Å². The van der Waals surface area contributed by atoms with Crippen LogP contribution in [0.1, 0.15) is 44.6 Å². The largest absolute Gasteiger partial charge is 0.493 e. The highest BCUT2D eigenvalue weighted by molar-refractivity contribution is 8.26. The minimum Gasteiger partial charge on any atom is -0.493 e. The van der Waals surface area contributed by atoms with Crippen molar-refractivity contribution in [3.8, 4) is 11.5 Å². The number of carbonyl (C=O) groups excluding carboxylic acids is 2. The summed E-state index contributed by atoms with van der Waals surface area (Å²) in [5, 5.41) is 0. The van der Waals surface area contributed by atoms with Gasteiger partial charge >= 0.3 is 5.97 Å². The Bertz CT molecular complexity index is 817. The average molecular weight is 436 g/mol. The molecule has 156 valence electrons. The van der Waals surface area contributed by atoms with Gasteiger partial charge in [0, 0.05) is 6.04 Å². The molecule has 0 spiro atoms. The van der Waals surface area contributed by atoms with Crippen molar-refractivity contribution in [1.29, 1.82) is 0 Å². The number of nitrogens with zero attached hydrogens (tertiary/aromatic N) is 1. The van der Waals surface area contributed by atoms with Crippen molar-refractivity contribution < 1.29 is 23.8 Å². The van der Waals surface area contributed by atoms with Crippen LogP contribution in [0.5, 0.6) is 11.5 Å². The van der Waals surface area contributed by atoms with E-state index in [0.717, 1.165) is 31.2 Å². The van der Waals surface area contributed by atoms with Crippen molar-refractivity contribution in [3.63, 3.8) is 0 Å². The number of hydrogen-bond acceptors (Lipinski definition) is 7. The summed E-state index contributed by atoms with van der Waals surface area (Å²) in [7, 11) is 1.53. The molecule has 0 atom stereocenters. The number of carbonyl (C=O) groups is 2. The van der Waals surface area contributed by atoms with Gasteiger partial charge in [0.2, 0.25) is 0 Å². The van der Waals surface area contributed by atoms with Gasteiger partial charge in [-0.2, -0.15) is 0 Å². The normalized spacial score (nSPS) is 19.0. The molecule has 0 bridgehead atoms. The second-order valence-electron chi connectivity index (χ2n) is 6.85. The highest BCUT2D eigenvalue weighted by Gasteiger charge is 2.37. The molecule has 1 saturated heterocycles. The van der Waals surface area contributed by atoms with Gasteiger partial charge in [-0.25, -0.2) is 4.79 Å². The van der Waals surface area contributed by atoms with Crippen molar-refractivity contribution in [1.82, 2.24) is 4.90 Å². The lowest BCUT2D eigenvalue weighted by Crippen LogP contribution is -2.39. The van der Waals surface area contributed by atoms with Crippen LogP contribution in [-0.2, 0) is 14.3 Å². The molecule has 1 aliphatic heterocycles. The first kappa shape index (κ1) is 21.6. The van der Waals surface area contributed by atoms with Gasteiger partial charge in [-0.1, -0.05) is 49.3 Å². The van der Waals surface area contributed by atoms with Crippen LogP contribution >= 0.6 is 24.0 Å². The fourth-order valence-corrected chi connectivity index (χ4v) is 4.92. The summed E-state index contributed by atoms with van der Waals surface area (Å²) < 4.78 is 16.3. The van der Waals surface area contributed by atoms with E-state index in [1.807, 2.05) is 12.1 Å². The summed E-state index contributed by atoms with van der Waals surface area (Å²) in [5.41, 5.74) is 0.800. The maximum atomic E-state index is 12.9. The smallest absolute Gasteiger partial charge is 0.344 e. The van der Waals surface area contributed by atoms with Crippen LogP contribution in [0.4, 0.5) is 0 Å². The van der Waals surface area contributed by atoms with E-state index in [1.54, 1.807) is 24.0 Å². The van der Waals surface area contributed by atoms with Crippen LogP contribution in [0.3, 0.4) is 0 Å². The second kappa shape index (κ2) is 10.1. The van der Waals surface area contributed by atoms with E-state index < -0.39 is 5.97 Å². The van der Waals surface area contributed by atoms with Crippen molar-refractivity contribution in [2.24, 2.45) is 0 Å². The van der Waals surface area contributed by atoms with Crippen LogP contribution in [0.15, 0.2) is 23.1 Å². The van der Waals surface area contributed by atoms with E-state index in [1.165, 1.54) is 25.3 Å². The zero-order valence-corrected chi connectivity index (χ0v) is 18.3. The predicted octanol–water partition coefficient (Wildman–Crippen LogP) is 4.17. The van der Waals surface area contributed by atoms with E-state index in [2.05, 4.69) is 0 Å². The number of thiocarbonyl (C=S) groups is 1. The minimum atomic E-state index is -0.440. The number of thioether (sulfide) groups is 1. The molecule has 0 radical (unpaired) electrons. The van der Waals surface area contributed by atoms with Gasteiger partial charge in [-0.05, 0) is 43.5 Å². The maximum absolute atomic E-state index is 12.9. The molecule has 0 aromatic heterocycles. The third-order valence-electron chi connectivity index (χ3n) is 4.90. The van der Waals surface area contributed by atoms with Crippen LogP contribution < -0.4 is 9.47 Å². The quantitative estimate of drug-likeness (QED) is 0.362. The van der Waals surface area contributed by atoms with Crippen molar-refractivity contribution in [3.05, 3.63) is 28.7 Å². The lowest BCUT2D eigenvalue weighted by molar-refractivity contribution is -0.145. The highest BCUT2D eigenvalue weighted by atomic mass is 32.2. The molecule has 1 aromatic carbocycles. The van der Waals surface area contributed by atoms with Crippen LogP contribution in [0, 0.1) is 0 Å². The van der Waals surface area contributed by atoms with Gasteiger partial charge < -0.3 is 14.2 Å².